The summed E-state index contributed by atoms with van der Waals surface area (Å²) in [6.07, 6.45) is 1.37. The lowest BCUT2D eigenvalue weighted by atomic mass is 10.3. The highest BCUT2D eigenvalue weighted by atomic mass is 35.5. The van der Waals surface area contributed by atoms with Crippen LogP contribution in [-0.2, 0) is 9.53 Å². The second kappa shape index (κ2) is 4.39. The van der Waals surface area contributed by atoms with Gasteiger partial charge in [0.15, 0.2) is 0 Å². The summed E-state index contributed by atoms with van der Waals surface area (Å²) in [7, 11) is 1.33. The number of alkyl halides is 1. The highest BCUT2D eigenvalue weighted by Gasteiger charge is 1.93. The van der Waals surface area contributed by atoms with Gasteiger partial charge in [-0.25, -0.2) is 4.79 Å². The van der Waals surface area contributed by atoms with Crippen LogP contribution in [-0.4, -0.2) is 19.0 Å². The van der Waals surface area contributed by atoms with Crippen molar-refractivity contribution in [3.05, 3.63) is 11.6 Å². The zero-order valence-electron chi connectivity index (χ0n) is 5.48. The normalized spacial score (nSPS) is 11.2. The Morgan fingerprint density at radius 2 is 2.33 bits per heavy atom. The predicted octanol–water partition coefficient (Wildman–Crippen LogP) is 1.34. The van der Waals surface area contributed by atoms with Crippen LogP contribution in [0.15, 0.2) is 11.6 Å². The third kappa shape index (κ3) is 4.03. The molecule has 3 heteroatoms. The first-order chi connectivity index (χ1) is 4.20. The Bertz CT molecular complexity index is 129. The number of carbonyl (C=O) groups is 1. The van der Waals surface area contributed by atoms with Crippen molar-refractivity contribution in [1.29, 1.82) is 0 Å². The number of esters is 1. The Morgan fingerprint density at radius 1 is 1.78 bits per heavy atom. The lowest BCUT2D eigenvalue weighted by Crippen LogP contribution is -1.95. The van der Waals surface area contributed by atoms with E-state index in [4.69, 9.17) is 11.6 Å². The van der Waals surface area contributed by atoms with Gasteiger partial charge in [0.05, 0.1) is 7.11 Å². The van der Waals surface area contributed by atoms with Crippen molar-refractivity contribution in [2.45, 2.75) is 6.92 Å². The second-order valence-corrected chi connectivity index (χ2v) is 1.91. The van der Waals surface area contributed by atoms with Gasteiger partial charge in [-0.2, -0.15) is 0 Å². The largest absolute Gasteiger partial charge is 0.466 e. The number of hydrogen-bond donors (Lipinski definition) is 0. The summed E-state index contributed by atoms with van der Waals surface area (Å²) in [5, 5.41) is 0. The van der Waals surface area contributed by atoms with Gasteiger partial charge in [0.1, 0.15) is 0 Å². The molecule has 2 nitrogen and oxygen atoms in total. The van der Waals surface area contributed by atoms with E-state index in [0.29, 0.717) is 5.88 Å². The minimum atomic E-state index is -0.354. The van der Waals surface area contributed by atoms with E-state index >= 15 is 0 Å². The Balaban J connectivity index is 3.79. The molecule has 0 amide bonds. The summed E-state index contributed by atoms with van der Waals surface area (Å²) in [4.78, 5) is 10.4. The molecule has 0 bridgehead atoms. The Kier molecular flexibility index (Phi) is 4.14. The molecule has 0 aliphatic heterocycles. The lowest BCUT2D eigenvalue weighted by Gasteiger charge is -1.91. The number of methoxy groups -OCH3 is 1. The molecule has 0 saturated heterocycles. The molecule has 0 aliphatic carbocycles. The molecule has 0 N–H and O–H groups in total. The maximum absolute atomic E-state index is 10.4. The maximum Gasteiger partial charge on any atom is 0.330 e. The van der Waals surface area contributed by atoms with Crippen molar-refractivity contribution in [2.75, 3.05) is 13.0 Å². The van der Waals surface area contributed by atoms with E-state index in [-0.39, 0.29) is 5.97 Å². The van der Waals surface area contributed by atoms with Gasteiger partial charge in [0, 0.05) is 12.0 Å². The van der Waals surface area contributed by atoms with Gasteiger partial charge in [-0.3, -0.25) is 0 Å². The lowest BCUT2D eigenvalue weighted by molar-refractivity contribution is -0.134. The van der Waals surface area contributed by atoms with Crippen LogP contribution in [0.5, 0.6) is 0 Å². The van der Waals surface area contributed by atoms with E-state index in [0.717, 1.165) is 5.57 Å². The van der Waals surface area contributed by atoms with Crippen molar-refractivity contribution < 1.29 is 9.53 Å². The molecule has 0 aromatic rings. The smallest absolute Gasteiger partial charge is 0.330 e. The van der Waals surface area contributed by atoms with Gasteiger partial charge < -0.3 is 4.74 Å². The van der Waals surface area contributed by atoms with Crippen molar-refractivity contribution in [3.8, 4) is 0 Å². The fourth-order valence-corrected chi connectivity index (χ4v) is 0.376. The zero-order valence-corrected chi connectivity index (χ0v) is 6.23. The van der Waals surface area contributed by atoms with Crippen LogP contribution in [0.2, 0.25) is 0 Å². The van der Waals surface area contributed by atoms with E-state index in [9.17, 15) is 4.79 Å². The van der Waals surface area contributed by atoms with Gasteiger partial charge >= 0.3 is 5.97 Å². The minimum Gasteiger partial charge on any atom is -0.466 e. The number of rotatable bonds is 2. The molecular formula is C6H9ClO2. The molecule has 0 radical (unpaired) electrons. The third-order valence-electron chi connectivity index (χ3n) is 0.776. The standard InChI is InChI=1S/C6H9ClO2/c1-5(4-7)3-6(8)9-2/h3H,4H2,1-2H3/b5-3-. The zero-order chi connectivity index (χ0) is 7.28. The van der Waals surface area contributed by atoms with Crippen LogP contribution >= 0.6 is 11.6 Å². The molecule has 0 atom stereocenters. The number of allylic oxidation sites excluding steroid dienone is 1. The van der Waals surface area contributed by atoms with Crippen LogP contribution in [0.25, 0.3) is 0 Å². The topological polar surface area (TPSA) is 26.3 Å². The van der Waals surface area contributed by atoms with E-state index in [1.807, 2.05) is 0 Å². The fraction of sp³-hybridized carbons (Fsp3) is 0.500. The minimum absolute atomic E-state index is 0.354. The quantitative estimate of drug-likeness (QED) is 0.336. The molecule has 0 aliphatic rings. The second-order valence-electron chi connectivity index (χ2n) is 1.65. The highest BCUT2D eigenvalue weighted by molar-refractivity contribution is 6.19. The van der Waals surface area contributed by atoms with Crippen LogP contribution in [0.4, 0.5) is 0 Å². The molecule has 0 heterocycles. The summed E-state index contributed by atoms with van der Waals surface area (Å²) < 4.78 is 4.35. The average molecular weight is 149 g/mol. The van der Waals surface area contributed by atoms with E-state index in [1.165, 1.54) is 13.2 Å². The molecule has 0 saturated carbocycles. The molecule has 0 aromatic carbocycles. The van der Waals surface area contributed by atoms with Crippen LogP contribution in [0.1, 0.15) is 6.92 Å². The molecule has 0 fully saturated rings. The Labute approximate surface area is 59.5 Å². The average Bonchev–Trinajstić information content (AvgIpc) is 1.87. The van der Waals surface area contributed by atoms with Gasteiger partial charge in [0.25, 0.3) is 0 Å². The van der Waals surface area contributed by atoms with Crippen LogP contribution in [0.3, 0.4) is 0 Å². The molecule has 9 heavy (non-hydrogen) atoms. The van der Waals surface area contributed by atoms with Gasteiger partial charge in [0.2, 0.25) is 0 Å². The predicted molar refractivity (Wildman–Crippen MR) is 36.5 cm³/mol. The summed E-state index contributed by atoms with van der Waals surface area (Å²) in [5.41, 5.74) is 0.809. The fourth-order valence-electron chi connectivity index (χ4n) is 0.299. The molecule has 0 rings (SSSR count). The van der Waals surface area contributed by atoms with Crippen molar-refractivity contribution >= 4 is 17.6 Å². The SMILES string of the molecule is COC(=O)/C=C(/C)CCl. The van der Waals surface area contributed by atoms with Crippen molar-refractivity contribution in [2.24, 2.45) is 0 Å². The van der Waals surface area contributed by atoms with E-state index < -0.39 is 0 Å². The Morgan fingerprint density at radius 3 is 2.67 bits per heavy atom. The van der Waals surface area contributed by atoms with E-state index in [2.05, 4.69) is 4.74 Å². The summed E-state index contributed by atoms with van der Waals surface area (Å²) in [5.74, 6) is 0.0166. The Hall–Kier alpha value is -0.500. The molecule has 0 aromatic heterocycles. The number of carbonyl (C=O) groups excluding carboxylic acids is 1. The molecule has 0 spiro atoms. The van der Waals surface area contributed by atoms with Gasteiger partial charge in [-0.1, -0.05) is 5.57 Å². The van der Waals surface area contributed by atoms with Crippen LogP contribution in [0, 0.1) is 0 Å². The first kappa shape index (κ1) is 8.50. The number of halogens is 1. The van der Waals surface area contributed by atoms with Gasteiger partial charge in [-0.15, -0.1) is 11.6 Å². The first-order valence-corrected chi connectivity index (χ1v) is 3.05. The first-order valence-electron chi connectivity index (χ1n) is 2.51. The maximum atomic E-state index is 10.4. The highest BCUT2D eigenvalue weighted by Crippen LogP contribution is 1.94. The molecule has 52 valence electrons. The third-order valence-corrected chi connectivity index (χ3v) is 1.20. The van der Waals surface area contributed by atoms with Crippen molar-refractivity contribution in [3.63, 3.8) is 0 Å². The van der Waals surface area contributed by atoms with Gasteiger partial charge in [-0.05, 0) is 6.92 Å². The number of hydrogen-bond acceptors (Lipinski definition) is 2. The van der Waals surface area contributed by atoms with E-state index in [1.54, 1.807) is 6.92 Å². The number of ether oxygens (including phenoxy) is 1. The summed E-state index contributed by atoms with van der Waals surface area (Å²) in [6, 6.07) is 0. The summed E-state index contributed by atoms with van der Waals surface area (Å²) >= 11 is 5.38. The van der Waals surface area contributed by atoms with Crippen LogP contribution < -0.4 is 0 Å². The molecule has 0 unspecified atom stereocenters. The molecular weight excluding hydrogens is 140 g/mol. The van der Waals surface area contributed by atoms with Crippen molar-refractivity contribution in [1.82, 2.24) is 0 Å². The monoisotopic (exact) mass is 148 g/mol. The summed E-state index contributed by atoms with van der Waals surface area (Å²) in [6.45, 7) is 1.77.